The van der Waals surface area contributed by atoms with Gasteiger partial charge in [-0.2, -0.15) is 5.10 Å². The molecule has 0 aromatic heterocycles. The smallest absolute Gasteiger partial charge is 0.343 e. The van der Waals surface area contributed by atoms with Gasteiger partial charge in [0.05, 0.1) is 24.4 Å². The van der Waals surface area contributed by atoms with Crippen molar-refractivity contribution in [2.75, 3.05) is 7.11 Å². The summed E-state index contributed by atoms with van der Waals surface area (Å²) >= 11 is 0. The summed E-state index contributed by atoms with van der Waals surface area (Å²) in [7, 11) is 1.62. The van der Waals surface area contributed by atoms with E-state index in [0.29, 0.717) is 34.6 Å². The lowest BCUT2D eigenvalue weighted by atomic mass is 9.97. The Morgan fingerprint density at radius 3 is 2.06 bits per heavy atom. The van der Waals surface area contributed by atoms with Crippen molar-refractivity contribution in [2.24, 2.45) is 5.10 Å². The molecule has 5 rings (SSSR count). The molecule has 0 aliphatic carbocycles. The van der Waals surface area contributed by atoms with Gasteiger partial charge in [0, 0.05) is 17.5 Å². The zero-order chi connectivity index (χ0) is 24.9. The maximum Gasteiger partial charge on any atom is 0.343 e. The number of para-hydroxylation sites is 1. The van der Waals surface area contributed by atoms with Crippen LogP contribution in [0.15, 0.2) is 114 Å². The number of ether oxygens (including phenoxy) is 2. The van der Waals surface area contributed by atoms with E-state index in [1.165, 1.54) is 5.01 Å². The van der Waals surface area contributed by atoms with Gasteiger partial charge >= 0.3 is 5.97 Å². The highest BCUT2D eigenvalue weighted by Gasteiger charge is 2.34. The van der Waals surface area contributed by atoms with Crippen molar-refractivity contribution in [1.29, 1.82) is 0 Å². The van der Waals surface area contributed by atoms with Gasteiger partial charge in [-0.1, -0.05) is 60.7 Å². The Kier molecular flexibility index (Phi) is 6.58. The zero-order valence-electron chi connectivity index (χ0n) is 19.7. The van der Waals surface area contributed by atoms with Crippen LogP contribution < -0.4 is 9.47 Å². The summed E-state index contributed by atoms with van der Waals surface area (Å²) in [6.07, 6.45) is 0.463. The molecule has 6 nitrogen and oxygen atoms in total. The largest absolute Gasteiger partial charge is 0.497 e. The third-order valence-electron chi connectivity index (χ3n) is 6.05. The molecule has 178 valence electrons. The predicted octanol–water partition coefficient (Wildman–Crippen LogP) is 5.91. The Balaban J connectivity index is 1.50. The minimum Gasteiger partial charge on any atom is -0.497 e. The van der Waals surface area contributed by atoms with E-state index in [9.17, 15) is 9.59 Å². The Bertz CT molecular complexity index is 1400. The number of hydrogen-bond acceptors (Lipinski definition) is 5. The van der Waals surface area contributed by atoms with Crippen LogP contribution in [0.2, 0.25) is 0 Å². The van der Waals surface area contributed by atoms with E-state index < -0.39 is 5.97 Å². The summed E-state index contributed by atoms with van der Waals surface area (Å²) in [4.78, 5) is 26.2. The molecule has 4 aromatic rings. The van der Waals surface area contributed by atoms with Crippen LogP contribution in [-0.2, 0) is 0 Å². The lowest BCUT2D eigenvalue weighted by Gasteiger charge is -2.22. The number of carbonyl (C=O) groups excluding carboxylic acids is 2. The van der Waals surface area contributed by atoms with E-state index in [-0.39, 0.29) is 11.9 Å². The van der Waals surface area contributed by atoms with Gasteiger partial charge in [-0.3, -0.25) is 4.79 Å². The van der Waals surface area contributed by atoms with Crippen molar-refractivity contribution in [1.82, 2.24) is 5.01 Å². The molecular formula is C30H24N2O4. The fourth-order valence-corrected chi connectivity index (χ4v) is 4.19. The van der Waals surface area contributed by atoms with Crippen LogP contribution in [0.5, 0.6) is 11.5 Å². The third-order valence-corrected chi connectivity index (χ3v) is 6.05. The van der Waals surface area contributed by atoms with Crippen LogP contribution >= 0.6 is 0 Å². The van der Waals surface area contributed by atoms with E-state index in [1.54, 1.807) is 55.6 Å². The van der Waals surface area contributed by atoms with Gasteiger partial charge in [-0.25, -0.2) is 9.80 Å². The lowest BCUT2D eigenvalue weighted by Crippen LogP contribution is -2.27. The summed E-state index contributed by atoms with van der Waals surface area (Å²) in [5.41, 5.74) is 3.26. The molecule has 4 aromatic carbocycles. The normalized spacial score (nSPS) is 14.8. The fraction of sp³-hybridized carbons (Fsp3) is 0.100. The molecule has 1 heterocycles. The van der Waals surface area contributed by atoms with Crippen molar-refractivity contribution in [3.05, 3.63) is 131 Å². The number of hydrazone groups is 1. The van der Waals surface area contributed by atoms with Crippen molar-refractivity contribution in [2.45, 2.75) is 12.5 Å². The first-order valence-corrected chi connectivity index (χ1v) is 11.6. The number of methoxy groups -OCH3 is 1. The minimum absolute atomic E-state index is 0.204. The molecule has 0 N–H and O–H groups in total. The molecule has 0 unspecified atom stereocenters. The quantitative estimate of drug-likeness (QED) is 0.256. The average Bonchev–Trinajstić information content (AvgIpc) is 3.39. The number of hydrogen-bond donors (Lipinski definition) is 0. The van der Waals surface area contributed by atoms with Gasteiger partial charge in [-0.15, -0.1) is 0 Å². The molecule has 0 radical (unpaired) electrons. The average molecular weight is 477 g/mol. The summed E-state index contributed by atoms with van der Waals surface area (Å²) < 4.78 is 11.1. The Morgan fingerprint density at radius 2 is 1.39 bits per heavy atom. The molecule has 0 saturated carbocycles. The Morgan fingerprint density at radius 1 is 0.778 bits per heavy atom. The Hall–Kier alpha value is -4.71. The number of nitrogens with zero attached hydrogens (tertiary/aromatic N) is 2. The van der Waals surface area contributed by atoms with Crippen LogP contribution in [0, 0.1) is 0 Å². The minimum atomic E-state index is -0.453. The van der Waals surface area contributed by atoms with E-state index in [2.05, 4.69) is 0 Å². The molecule has 1 aliphatic heterocycles. The second kappa shape index (κ2) is 10.3. The SMILES string of the molecule is COc1ccc([C@@H]2CC(c3ccccc3OC(=O)c3ccccc3)=NN2C(=O)c2ccccc2)cc1. The van der Waals surface area contributed by atoms with Crippen molar-refractivity contribution < 1.29 is 19.1 Å². The maximum atomic E-state index is 13.5. The first-order chi connectivity index (χ1) is 17.6. The summed E-state index contributed by atoms with van der Waals surface area (Å²) in [5.74, 6) is 0.473. The first-order valence-electron chi connectivity index (χ1n) is 11.6. The van der Waals surface area contributed by atoms with Crippen molar-refractivity contribution in [3.63, 3.8) is 0 Å². The number of rotatable bonds is 6. The number of amides is 1. The van der Waals surface area contributed by atoms with Gasteiger partial charge in [0.2, 0.25) is 0 Å². The van der Waals surface area contributed by atoms with Gasteiger partial charge in [0.25, 0.3) is 5.91 Å². The van der Waals surface area contributed by atoms with Crippen LogP contribution in [-0.4, -0.2) is 29.7 Å². The molecule has 0 bridgehead atoms. The third kappa shape index (κ3) is 4.74. The predicted molar refractivity (Wildman–Crippen MR) is 137 cm³/mol. The summed E-state index contributed by atoms with van der Waals surface area (Å²) in [6, 6.07) is 32.5. The first kappa shape index (κ1) is 23.1. The van der Waals surface area contributed by atoms with Gasteiger partial charge in [-0.05, 0) is 54.1 Å². The molecule has 6 heteroatoms. The molecule has 1 amide bonds. The highest BCUT2D eigenvalue weighted by Crippen LogP contribution is 2.36. The second-order valence-electron chi connectivity index (χ2n) is 8.31. The van der Waals surface area contributed by atoms with E-state index >= 15 is 0 Å². The van der Waals surface area contributed by atoms with Crippen LogP contribution in [0.4, 0.5) is 0 Å². The van der Waals surface area contributed by atoms with Crippen LogP contribution in [0.1, 0.15) is 44.3 Å². The maximum absolute atomic E-state index is 13.5. The highest BCUT2D eigenvalue weighted by molar-refractivity contribution is 6.07. The molecule has 0 fully saturated rings. The van der Waals surface area contributed by atoms with Crippen LogP contribution in [0.3, 0.4) is 0 Å². The summed E-state index contributed by atoms with van der Waals surface area (Å²) in [6.45, 7) is 0. The topological polar surface area (TPSA) is 68.2 Å². The van der Waals surface area contributed by atoms with Gasteiger partial charge in [0.15, 0.2) is 0 Å². The summed E-state index contributed by atoms with van der Waals surface area (Å²) in [5, 5.41) is 6.27. The molecule has 0 spiro atoms. The van der Waals surface area contributed by atoms with Gasteiger partial charge < -0.3 is 9.47 Å². The molecule has 0 saturated heterocycles. The molecule has 1 atom stereocenters. The molecule has 36 heavy (non-hydrogen) atoms. The van der Waals surface area contributed by atoms with Gasteiger partial charge in [0.1, 0.15) is 11.5 Å². The van der Waals surface area contributed by atoms with Crippen LogP contribution in [0.25, 0.3) is 0 Å². The van der Waals surface area contributed by atoms with E-state index in [4.69, 9.17) is 14.6 Å². The van der Waals surface area contributed by atoms with Crippen molar-refractivity contribution in [3.8, 4) is 11.5 Å². The Labute approximate surface area is 209 Å². The monoisotopic (exact) mass is 476 g/mol. The molecule has 1 aliphatic rings. The number of esters is 1. The van der Waals surface area contributed by atoms with E-state index in [1.807, 2.05) is 60.7 Å². The van der Waals surface area contributed by atoms with E-state index in [0.717, 1.165) is 11.3 Å². The second-order valence-corrected chi connectivity index (χ2v) is 8.31. The number of carbonyl (C=O) groups is 2. The standard InChI is InChI=1S/C30H24N2O4/c1-35-24-18-16-21(17-19-24)27-20-26(31-32(27)29(33)22-10-4-2-5-11-22)25-14-8-9-15-28(25)36-30(34)23-12-6-3-7-13-23/h2-19,27H,20H2,1H3/t27-/m0/s1. The molecular weight excluding hydrogens is 452 g/mol. The number of benzene rings is 4. The lowest BCUT2D eigenvalue weighted by molar-refractivity contribution is 0.0708. The van der Waals surface area contributed by atoms with Crippen molar-refractivity contribution >= 4 is 17.6 Å². The highest BCUT2D eigenvalue weighted by atomic mass is 16.5. The zero-order valence-corrected chi connectivity index (χ0v) is 19.7. The fourth-order valence-electron chi connectivity index (χ4n) is 4.19.